The quantitative estimate of drug-likeness (QED) is 0.225. The van der Waals surface area contributed by atoms with Crippen molar-refractivity contribution in [2.75, 3.05) is 13.2 Å². The van der Waals surface area contributed by atoms with Gasteiger partial charge in [0.15, 0.2) is 30.9 Å². The predicted molar refractivity (Wildman–Crippen MR) is 161 cm³/mol. The van der Waals surface area contributed by atoms with Crippen LogP contribution in [-0.4, -0.2) is 98.5 Å². The van der Waals surface area contributed by atoms with E-state index >= 15 is 0 Å². The SMILES string of the molecule is CC(=O)OC[C@H]1O[C@@H](O[C@H]2[C@H](OC(C)=O)[C@@H](OC(C)=O)[C@@H]3OC[C@H]2O3)[C@@H](OCc2ccccc2)[C@@H](OCc2ccccc2)[C@@H]1OC(C)=O. The molecule has 3 saturated heterocycles. The van der Waals surface area contributed by atoms with Gasteiger partial charge in [-0.25, -0.2) is 0 Å². The van der Waals surface area contributed by atoms with Gasteiger partial charge in [0, 0.05) is 27.7 Å². The Morgan fingerprint density at radius 1 is 0.625 bits per heavy atom. The van der Waals surface area contributed by atoms with Crippen molar-refractivity contribution in [3.05, 3.63) is 71.8 Å². The second-order valence-electron chi connectivity index (χ2n) is 11.6. The van der Waals surface area contributed by atoms with Crippen LogP contribution in [0.25, 0.3) is 0 Å². The zero-order valence-corrected chi connectivity index (χ0v) is 27.1. The standard InChI is InChI=1S/C34H40O14/c1-19(35)39-17-25-27(43-20(2)36)29(40-15-23-11-7-5-8-12-23)31(41-16-24-13-9-6-10-14-24)34(47-25)48-28-26-18-42-33(46-26)32(45-22(4)38)30(28)44-21(3)37/h5-14,25-34H,15-18H2,1-4H3/t25-,26-,27-,28-,29+,30+,31+,32-,33-,34+/m1/s1. The summed E-state index contributed by atoms with van der Waals surface area (Å²) in [5.74, 6) is -2.51. The van der Waals surface area contributed by atoms with E-state index in [1.807, 2.05) is 60.7 Å². The first-order chi connectivity index (χ1) is 23.1. The molecule has 0 N–H and O–H groups in total. The summed E-state index contributed by atoms with van der Waals surface area (Å²) >= 11 is 0. The molecular weight excluding hydrogens is 632 g/mol. The Morgan fingerprint density at radius 3 is 1.73 bits per heavy atom. The van der Waals surface area contributed by atoms with Crippen molar-refractivity contribution in [1.82, 2.24) is 0 Å². The van der Waals surface area contributed by atoms with E-state index in [9.17, 15) is 19.2 Å². The number of esters is 4. The van der Waals surface area contributed by atoms with Crippen molar-refractivity contribution in [2.24, 2.45) is 0 Å². The molecule has 3 fully saturated rings. The minimum atomic E-state index is -1.30. The van der Waals surface area contributed by atoms with Gasteiger partial charge in [-0.05, 0) is 11.1 Å². The molecule has 14 nitrogen and oxygen atoms in total. The zero-order valence-electron chi connectivity index (χ0n) is 27.1. The van der Waals surface area contributed by atoms with Crippen molar-refractivity contribution in [3.8, 4) is 0 Å². The van der Waals surface area contributed by atoms with Crippen LogP contribution in [0.15, 0.2) is 60.7 Å². The number of rotatable bonds is 13. The maximum Gasteiger partial charge on any atom is 0.303 e. The van der Waals surface area contributed by atoms with E-state index in [2.05, 4.69) is 0 Å². The Hall–Kier alpha value is -3.92. The molecule has 48 heavy (non-hydrogen) atoms. The maximum atomic E-state index is 12.4. The van der Waals surface area contributed by atoms with Gasteiger partial charge in [-0.1, -0.05) is 60.7 Å². The summed E-state index contributed by atoms with van der Waals surface area (Å²) in [6.07, 6.45) is -10.7. The van der Waals surface area contributed by atoms with Crippen LogP contribution in [0.1, 0.15) is 38.8 Å². The largest absolute Gasteiger partial charge is 0.463 e. The Balaban J connectivity index is 1.52. The first kappa shape index (κ1) is 35.4. The average Bonchev–Trinajstić information content (AvgIpc) is 3.49. The fourth-order valence-electron chi connectivity index (χ4n) is 5.85. The summed E-state index contributed by atoms with van der Waals surface area (Å²) in [7, 11) is 0. The van der Waals surface area contributed by atoms with Gasteiger partial charge in [-0.2, -0.15) is 0 Å². The molecule has 0 saturated carbocycles. The molecule has 2 aromatic carbocycles. The van der Waals surface area contributed by atoms with Crippen LogP contribution in [0.3, 0.4) is 0 Å². The molecule has 0 radical (unpaired) electrons. The molecule has 260 valence electrons. The molecule has 5 rings (SSSR count). The monoisotopic (exact) mass is 672 g/mol. The Bertz CT molecular complexity index is 1390. The summed E-state index contributed by atoms with van der Waals surface area (Å²) < 4.78 is 59.8. The fraction of sp³-hybridized carbons (Fsp3) is 0.529. The van der Waals surface area contributed by atoms with E-state index in [0.29, 0.717) is 0 Å². The number of carbonyl (C=O) groups excluding carboxylic acids is 4. The minimum absolute atomic E-state index is 0.0357. The van der Waals surface area contributed by atoms with Gasteiger partial charge >= 0.3 is 23.9 Å². The van der Waals surface area contributed by atoms with E-state index in [1.165, 1.54) is 27.7 Å². The highest BCUT2D eigenvalue weighted by molar-refractivity contribution is 5.68. The van der Waals surface area contributed by atoms with E-state index in [4.69, 9.17) is 47.4 Å². The third-order valence-electron chi connectivity index (χ3n) is 7.83. The second-order valence-corrected chi connectivity index (χ2v) is 11.6. The van der Waals surface area contributed by atoms with Gasteiger partial charge in [0.2, 0.25) is 0 Å². The molecule has 0 spiro atoms. The molecule has 0 unspecified atom stereocenters. The van der Waals surface area contributed by atoms with Crippen LogP contribution in [-0.2, 0) is 79.8 Å². The number of ether oxygens (including phenoxy) is 10. The summed E-state index contributed by atoms with van der Waals surface area (Å²) in [5.41, 5.74) is 1.65. The van der Waals surface area contributed by atoms with E-state index in [0.717, 1.165) is 11.1 Å². The smallest absolute Gasteiger partial charge is 0.303 e. The lowest BCUT2D eigenvalue weighted by Gasteiger charge is -2.47. The molecule has 0 aliphatic carbocycles. The van der Waals surface area contributed by atoms with Crippen molar-refractivity contribution in [3.63, 3.8) is 0 Å². The summed E-state index contributed by atoms with van der Waals surface area (Å²) in [6, 6.07) is 18.7. The van der Waals surface area contributed by atoms with Gasteiger partial charge in [0.1, 0.15) is 37.1 Å². The highest BCUT2D eigenvalue weighted by Crippen LogP contribution is 2.38. The molecular formula is C34H40O14. The van der Waals surface area contributed by atoms with E-state index in [-0.39, 0.29) is 26.4 Å². The number of fused-ring (bicyclic) bond motifs is 2. The van der Waals surface area contributed by atoms with Crippen molar-refractivity contribution in [2.45, 2.75) is 102 Å². The third-order valence-corrected chi connectivity index (χ3v) is 7.83. The second kappa shape index (κ2) is 16.5. The highest BCUT2D eigenvalue weighted by Gasteiger charge is 2.58. The summed E-state index contributed by atoms with van der Waals surface area (Å²) in [4.78, 5) is 48.7. The van der Waals surface area contributed by atoms with E-state index < -0.39 is 85.3 Å². The lowest BCUT2D eigenvalue weighted by atomic mass is 9.96. The molecule has 14 heteroatoms. The van der Waals surface area contributed by atoms with Crippen LogP contribution in [0.2, 0.25) is 0 Å². The van der Waals surface area contributed by atoms with Crippen molar-refractivity contribution < 1.29 is 66.5 Å². The van der Waals surface area contributed by atoms with Crippen molar-refractivity contribution in [1.29, 1.82) is 0 Å². The Kier molecular flexibility index (Phi) is 12.1. The normalized spacial score (nSPS) is 31.0. The minimum Gasteiger partial charge on any atom is -0.463 e. The summed E-state index contributed by atoms with van der Waals surface area (Å²) in [6.45, 7) is 4.81. The first-order valence-corrected chi connectivity index (χ1v) is 15.6. The lowest BCUT2D eigenvalue weighted by Crippen LogP contribution is -2.65. The number of benzene rings is 2. The maximum absolute atomic E-state index is 12.4. The number of hydrogen-bond acceptors (Lipinski definition) is 14. The molecule has 0 aromatic heterocycles. The number of hydrogen-bond donors (Lipinski definition) is 0. The molecule has 10 atom stereocenters. The van der Waals surface area contributed by atoms with Crippen LogP contribution in [0, 0.1) is 0 Å². The van der Waals surface area contributed by atoms with Crippen LogP contribution >= 0.6 is 0 Å². The highest BCUT2D eigenvalue weighted by atomic mass is 16.8. The van der Waals surface area contributed by atoms with Gasteiger partial charge in [-0.3, -0.25) is 19.2 Å². The van der Waals surface area contributed by atoms with Gasteiger partial charge in [-0.15, -0.1) is 0 Å². The van der Waals surface area contributed by atoms with Gasteiger partial charge in [0.05, 0.1) is 19.8 Å². The first-order valence-electron chi connectivity index (χ1n) is 15.6. The predicted octanol–water partition coefficient (Wildman–Crippen LogP) is 2.38. The van der Waals surface area contributed by atoms with Gasteiger partial charge < -0.3 is 47.4 Å². The van der Waals surface area contributed by atoms with Crippen LogP contribution in [0.5, 0.6) is 0 Å². The lowest BCUT2D eigenvalue weighted by molar-refractivity contribution is -0.350. The summed E-state index contributed by atoms with van der Waals surface area (Å²) in [5, 5.41) is 0. The number of carbonyl (C=O) groups is 4. The van der Waals surface area contributed by atoms with Crippen LogP contribution in [0.4, 0.5) is 0 Å². The van der Waals surface area contributed by atoms with Crippen molar-refractivity contribution >= 4 is 23.9 Å². The van der Waals surface area contributed by atoms with E-state index in [1.54, 1.807) is 0 Å². The molecule has 0 amide bonds. The Morgan fingerprint density at radius 2 is 1.17 bits per heavy atom. The fourth-order valence-corrected chi connectivity index (χ4v) is 5.85. The molecule has 2 aromatic rings. The Labute approximate surface area is 277 Å². The molecule has 3 aliphatic rings. The molecule has 2 bridgehead atoms. The van der Waals surface area contributed by atoms with Gasteiger partial charge in [0.25, 0.3) is 0 Å². The molecule has 3 aliphatic heterocycles. The molecule has 3 heterocycles. The zero-order chi connectivity index (χ0) is 34.2. The topological polar surface area (TPSA) is 161 Å². The third kappa shape index (κ3) is 9.15. The average molecular weight is 673 g/mol. The van der Waals surface area contributed by atoms with Crippen LogP contribution < -0.4 is 0 Å².